The smallest absolute Gasteiger partial charge is 0.157 e. The van der Waals surface area contributed by atoms with Gasteiger partial charge in [-0.1, -0.05) is 31.5 Å². The van der Waals surface area contributed by atoms with Gasteiger partial charge in [-0.2, -0.15) is 0 Å². The number of nitrogens with one attached hydrogen (secondary N) is 1. The molecule has 3 atom stereocenters. The first kappa shape index (κ1) is 14.2. The molecule has 2 rings (SSSR count). The summed E-state index contributed by atoms with van der Waals surface area (Å²) < 4.78 is 5.42. The van der Waals surface area contributed by atoms with Gasteiger partial charge in [-0.3, -0.25) is 4.99 Å². The van der Waals surface area contributed by atoms with Crippen LogP contribution in [0.1, 0.15) is 46.5 Å². The Balaban J connectivity index is 1.88. The molecule has 0 amide bonds. The van der Waals surface area contributed by atoms with E-state index < -0.39 is 0 Å². The second kappa shape index (κ2) is 6.29. The number of hydrogen-bond donors (Lipinski definition) is 1. The zero-order valence-corrected chi connectivity index (χ0v) is 12.7. The van der Waals surface area contributed by atoms with Crippen LogP contribution in [0.5, 0.6) is 0 Å². The van der Waals surface area contributed by atoms with E-state index in [1.807, 2.05) is 18.7 Å². The molecule has 1 aliphatic carbocycles. The minimum Gasteiger partial charge on any atom is -0.380 e. The summed E-state index contributed by atoms with van der Waals surface area (Å²) in [4.78, 5) is 4.73. The molecule has 3 unspecified atom stereocenters. The van der Waals surface area contributed by atoms with Crippen LogP contribution >= 0.6 is 11.8 Å². The number of rotatable bonds is 4. The zero-order valence-electron chi connectivity index (χ0n) is 11.9. The van der Waals surface area contributed by atoms with Crippen molar-refractivity contribution in [3.05, 3.63) is 0 Å². The fourth-order valence-corrected chi connectivity index (χ4v) is 4.30. The highest BCUT2D eigenvalue weighted by atomic mass is 32.2. The molecule has 1 spiro atoms. The number of thioether (sulfide) groups is 1. The third-order valence-electron chi connectivity index (χ3n) is 3.85. The third kappa shape index (κ3) is 3.64. The molecule has 2 aliphatic rings. The number of nitrogens with zero attached hydrogens (tertiary/aromatic N) is 1. The van der Waals surface area contributed by atoms with E-state index >= 15 is 0 Å². The monoisotopic (exact) mass is 270 g/mol. The van der Waals surface area contributed by atoms with Gasteiger partial charge in [0.15, 0.2) is 5.17 Å². The van der Waals surface area contributed by atoms with E-state index in [0.717, 1.165) is 24.3 Å². The van der Waals surface area contributed by atoms with E-state index in [-0.39, 0.29) is 6.04 Å². The van der Waals surface area contributed by atoms with Crippen LogP contribution in [0.4, 0.5) is 0 Å². The van der Waals surface area contributed by atoms with Gasteiger partial charge in [0.2, 0.25) is 0 Å². The van der Waals surface area contributed by atoms with Crippen molar-refractivity contribution >= 4 is 16.9 Å². The number of hydrogen-bond acceptors (Lipinski definition) is 3. The Hall–Kier alpha value is -0.220. The van der Waals surface area contributed by atoms with Gasteiger partial charge in [0.05, 0.1) is 12.6 Å². The zero-order chi connectivity index (χ0) is 13.0. The predicted molar refractivity (Wildman–Crippen MR) is 79.3 cm³/mol. The van der Waals surface area contributed by atoms with Gasteiger partial charge in [0.1, 0.15) is 0 Å². The van der Waals surface area contributed by atoms with Crippen LogP contribution in [-0.2, 0) is 4.74 Å². The summed E-state index contributed by atoms with van der Waals surface area (Å²) in [5.41, 5.74) is 0.340. The van der Waals surface area contributed by atoms with Crippen molar-refractivity contribution < 1.29 is 4.74 Å². The Morgan fingerprint density at radius 2 is 2.44 bits per heavy atom. The standard InChI is InChI=1S/C14H26N2OS/c1-4-17-9-12(3)15-13-16-14(10-18-13)7-5-6-11(2)8-14/h11-12H,4-10H2,1-3H3,(H,15,16). The Labute approximate surface area is 115 Å². The van der Waals surface area contributed by atoms with Crippen LogP contribution in [0, 0.1) is 5.92 Å². The van der Waals surface area contributed by atoms with Crippen LogP contribution in [0.3, 0.4) is 0 Å². The average molecular weight is 270 g/mol. The normalized spacial score (nSPS) is 35.9. The summed E-state index contributed by atoms with van der Waals surface area (Å²) in [6.45, 7) is 8.03. The topological polar surface area (TPSA) is 33.6 Å². The maximum absolute atomic E-state index is 5.42. The highest BCUT2D eigenvalue weighted by molar-refractivity contribution is 8.14. The molecule has 0 radical (unpaired) electrons. The van der Waals surface area contributed by atoms with Gasteiger partial charge in [-0.15, -0.1) is 0 Å². The van der Waals surface area contributed by atoms with Crippen molar-refractivity contribution in [2.24, 2.45) is 10.9 Å². The third-order valence-corrected chi connectivity index (χ3v) is 5.03. The lowest BCUT2D eigenvalue weighted by Crippen LogP contribution is -2.47. The van der Waals surface area contributed by atoms with E-state index in [0.29, 0.717) is 5.54 Å². The molecule has 0 aromatic heterocycles. The van der Waals surface area contributed by atoms with Crippen molar-refractivity contribution in [2.45, 2.75) is 58.0 Å². The molecule has 1 saturated carbocycles. The maximum Gasteiger partial charge on any atom is 0.157 e. The molecular weight excluding hydrogens is 244 g/mol. The Kier molecular flexibility index (Phi) is 4.96. The number of amidine groups is 1. The minimum atomic E-state index is 0.260. The predicted octanol–water partition coefficient (Wildman–Crippen LogP) is 3.05. The molecule has 0 aromatic carbocycles. The first-order chi connectivity index (χ1) is 8.63. The highest BCUT2D eigenvalue weighted by Gasteiger charge is 2.40. The molecule has 1 saturated heterocycles. The van der Waals surface area contributed by atoms with Gasteiger partial charge < -0.3 is 10.1 Å². The van der Waals surface area contributed by atoms with Crippen LogP contribution in [-0.4, -0.2) is 35.7 Å². The summed E-state index contributed by atoms with van der Waals surface area (Å²) in [6.07, 6.45) is 5.36. The second-order valence-electron chi connectivity index (χ2n) is 5.84. The fourth-order valence-electron chi connectivity index (χ4n) is 3.01. The first-order valence-corrected chi connectivity index (χ1v) is 8.18. The molecule has 1 heterocycles. The summed E-state index contributed by atoms with van der Waals surface area (Å²) in [7, 11) is 0. The van der Waals surface area contributed by atoms with Gasteiger partial charge in [0, 0.05) is 17.9 Å². The van der Waals surface area contributed by atoms with E-state index in [9.17, 15) is 0 Å². The van der Waals surface area contributed by atoms with Crippen LogP contribution in [0.2, 0.25) is 0 Å². The highest BCUT2D eigenvalue weighted by Crippen LogP contribution is 2.38. The maximum atomic E-state index is 5.42. The SMILES string of the molecule is CCOCC(C)N=C1NC2(CCCC(C)C2)CS1. The molecule has 1 aliphatic heterocycles. The molecule has 0 aromatic rings. The summed E-state index contributed by atoms with van der Waals surface area (Å²) in [5, 5.41) is 4.84. The van der Waals surface area contributed by atoms with Gasteiger partial charge in [0.25, 0.3) is 0 Å². The average Bonchev–Trinajstić information content (AvgIpc) is 2.69. The Bertz CT molecular complexity index is 308. The molecule has 1 N–H and O–H groups in total. The number of ether oxygens (including phenoxy) is 1. The van der Waals surface area contributed by atoms with Crippen molar-refractivity contribution in [3.63, 3.8) is 0 Å². The summed E-state index contributed by atoms with van der Waals surface area (Å²) in [6, 6.07) is 0.260. The molecule has 104 valence electrons. The van der Waals surface area contributed by atoms with E-state index in [2.05, 4.69) is 19.2 Å². The fraction of sp³-hybridized carbons (Fsp3) is 0.929. The number of aliphatic imine (C=N–C) groups is 1. The quantitative estimate of drug-likeness (QED) is 0.852. The van der Waals surface area contributed by atoms with Gasteiger partial charge in [-0.05, 0) is 32.6 Å². The van der Waals surface area contributed by atoms with E-state index in [1.165, 1.54) is 31.4 Å². The van der Waals surface area contributed by atoms with Crippen molar-refractivity contribution in [2.75, 3.05) is 19.0 Å². The summed E-state index contributed by atoms with van der Waals surface area (Å²) in [5.74, 6) is 2.05. The van der Waals surface area contributed by atoms with Crippen molar-refractivity contribution in [3.8, 4) is 0 Å². The molecule has 3 nitrogen and oxygen atoms in total. The lowest BCUT2D eigenvalue weighted by atomic mass is 9.78. The molecule has 18 heavy (non-hydrogen) atoms. The molecule has 0 bridgehead atoms. The van der Waals surface area contributed by atoms with Crippen LogP contribution in [0.15, 0.2) is 4.99 Å². The van der Waals surface area contributed by atoms with E-state index in [1.54, 1.807) is 0 Å². The Morgan fingerprint density at radius 1 is 1.61 bits per heavy atom. The molecular formula is C14H26N2OS. The van der Waals surface area contributed by atoms with Gasteiger partial charge in [-0.25, -0.2) is 0 Å². The van der Waals surface area contributed by atoms with Gasteiger partial charge >= 0.3 is 0 Å². The lowest BCUT2D eigenvalue weighted by molar-refractivity contribution is 0.137. The van der Waals surface area contributed by atoms with Crippen molar-refractivity contribution in [1.29, 1.82) is 0 Å². The largest absolute Gasteiger partial charge is 0.380 e. The van der Waals surface area contributed by atoms with E-state index in [4.69, 9.17) is 9.73 Å². The Morgan fingerprint density at radius 3 is 3.17 bits per heavy atom. The second-order valence-corrected chi connectivity index (χ2v) is 6.80. The summed E-state index contributed by atoms with van der Waals surface area (Å²) >= 11 is 1.89. The first-order valence-electron chi connectivity index (χ1n) is 7.20. The van der Waals surface area contributed by atoms with Crippen LogP contribution < -0.4 is 5.32 Å². The molecule has 4 heteroatoms. The lowest BCUT2D eigenvalue weighted by Gasteiger charge is -2.36. The minimum absolute atomic E-state index is 0.260. The van der Waals surface area contributed by atoms with Crippen molar-refractivity contribution in [1.82, 2.24) is 5.32 Å². The molecule has 2 fully saturated rings. The van der Waals surface area contributed by atoms with Crippen LogP contribution in [0.25, 0.3) is 0 Å².